The zero-order chi connectivity index (χ0) is 12.3. The molecule has 17 heavy (non-hydrogen) atoms. The molecule has 1 aromatic carbocycles. The maximum atomic E-state index is 12.0. The van der Waals surface area contributed by atoms with Crippen LogP contribution in [0, 0.1) is 0 Å². The van der Waals surface area contributed by atoms with Crippen LogP contribution in [0.5, 0.6) is 5.75 Å². The minimum Gasteiger partial charge on any atom is -0.497 e. The molecule has 1 aliphatic heterocycles. The summed E-state index contributed by atoms with van der Waals surface area (Å²) in [6, 6.07) is 6.36. The van der Waals surface area contributed by atoms with Crippen molar-refractivity contribution in [1.29, 1.82) is 0 Å². The smallest absolute Gasteiger partial charge is 0.240 e. The highest BCUT2D eigenvalue weighted by Gasteiger charge is 2.22. The zero-order valence-electron chi connectivity index (χ0n) is 9.64. The largest absolute Gasteiger partial charge is 0.497 e. The molecule has 1 aliphatic rings. The lowest BCUT2D eigenvalue weighted by Crippen LogP contribution is -2.36. The molecule has 1 unspecified atom stereocenters. The van der Waals surface area contributed by atoms with Crippen LogP contribution in [0.4, 0.5) is 0 Å². The molecule has 0 aliphatic carbocycles. The van der Waals surface area contributed by atoms with Crippen molar-refractivity contribution >= 4 is 10.0 Å². The molecule has 5 nitrogen and oxygen atoms in total. The lowest BCUT2D eigenvalue weighted by molar-refractivity contribution is 0.414. The summed E-state index contributed by atoms with van der Waals surface area (Å²) >= 11 is 0. The van der Waals surface area contributed by atoms with E-state index in [1.165, 1.54) is 0 Å². The van der Waals surface area contributed by atoms with E-state index < -0.39 is 10.0 Å². The number of rotatable bonds is 4. The monoisotopic (exact) mass is 256 g/mol. The van der Waals surface area contributed by atoms with Gasteiger partial charge in [-0.25, -0.2) is 13.1 Å². The van der Waals surface area contributed by atoms with Crippen LogP contribution in [-0.4, -0.2) is 34.7 Å². The lowest BCUT2D eigenvalue weighted by Gasteiger charge is -2.12. The summed E-state index contributed by atoms with van der Waals surface area (Å²) in [6.07, 6.45) is 0.829. The van der Waals surface area contributed by atoms with Crippen molar-refractivity contribution < 1.29 is 13.2 Å². The van der Waals surface area contributed by atoms with Gasteiger partial charge in [0, 0.05) is 12.6 Å². The van der Waals surface area contributed by atoms with Gasteiger partial charge in [-0.3, -0.25) is 0 Å². The molecule has 0 spiro atoms. The average molecular weight is 256 g/mol. The molecule has 1 fully saturated rings. The molecule has 0 saturated carbocycles. The Kier molecular flexibility index (Phi) is 3.66. The van der Waals surface area contributed by atoms with E-state index in [1.54, 1.807) is 31.4 Å². The molecule has 0 aromatic heterocycles. The van der Waals surface area contributed by atoms with Gasteiger partial charge in [-0.2, -0.15) is 0 Å². The van der Waals surface area contributed by atoms with Crippen molar-refractivity contribution in [2.45, 2.75) is 17.4 Å². The highest BCUT2D eigenvalue weighted by atomic mass is 32.2. The molecule has 1 aromatic rings. The Morgan fingerprint density at radius 3 is 2.59 bits per heavy atom. The van der Waals surface area contributed by atoms with Gasteiger partial charge in [-0.05, 0) is 37.2 Å². The number of hydrogen-bond donors (Lipinski definition) is 2. The number of ether oxygens (including phenoxy) is 1. The molecule has 94 valence electrons. The predicted octanol–water partition coefficient (Wildman–Crippen LogP) is 0.335. The van der Waals surface area contributed by atoms with E-state index in [2.05, 4.69) is 10.0 Å². The second-order valence-corrected chi connectivity index (χ2v) is 5.70. The number of methoxy groups -OCH3 is 1. The molecule has 1 heterocycles. The summed E-state index contributed by atoms with van der Waals surface area (Å²) in [7, 11) is -1.87. The number of benzene rings is 1. The van der Waals surface area contributed by atoms with Crippen molar-refractivity contribution in [3.8, 4) is 5.75 Å². The number of nitrogens with one attached hydrogen (secondary N) is 2. The first-order chi connectivity index (χ1) is 8.12. The first kappa shape index (κ1) is 12.3. The molecule has 2 rings (SSSR count). The van der Waals surface area contributed by atoms with Gasteiger partial charge < -0.3 is 10.1 Å². The maximum Gasteiger partial charge on any atom is 0.240 e. The second-order valence-electron chi connectivity index (χ2n) is 3.99. The van der Waals surface area contributed by atoms with Crippen molar-refractivity contribution in [3.63, 3.8) is 0 Å². The van der Waals surface area contributed by atoms with Crippen LogP contribution in [0.1, 0.15) is 6.42 Å². The molecule has 6 heteroatoms. The van der Waals surface area contributed by atoms with E-state index >= 15 is 0 Å². The first-order valence-electron chi connectivity index (χ1n) is 5.49. The highest BCUT2D eigenvalue weighted by molar-refractivity contribution is 7.89. The van der Waals surface area contributed by atoms with Crippen LogP contribution in [0.15, 0.2) is 29.2 Å². The molecule has 0 bridgehead atoms. The fraction of sp³-hybridized carbons (Fsp3) is 0.455. The van der Waals surface area contributed by atoms with Gasteiger partial charge >= 0.3 is 0 Å². The minimum atomic E-state index is -3.41. The normalized spacial score (nSPS) is 20.4. The van der Waals surface area contributed by atoms with Gasteiger partial charge in [0.1, 0.15) is 5.75 Å². The number of hydrogen-bond acceptors (Lipinski definition) is 4. The van der Waals surface area contributed by atoms with Crippen molar-refractivity contribution in [3.05, 3.63) is 24.3 Å². The van der Waals surface area contributed by atoms with E-state index in [0.717, 1.165) is 13.0 Å². The third-order valence-corrected chi connectivity index (χ3v) is 4.29. The van der Waals surface area contributed by atoms with E-state index in [9.17, 15) is 8.42 Å². The highest BCUT2D eigenvalue weighted by Crippen LogP contribution is 2.16. The SMILES string of the molecule is COc1ccc(S(=O)(=O)NC2CCNC2)cc1. The Morgan fingerprint density at radius 2 is 2.06 bits per heavy atom. The molecule has 0 amide bonds. The van der Waals surface area contributed by atoms with Gasteiger partial charge in [0.2, 0.25) is 10.0 Å². The summed E-state index contributed by atoms with van der Waals surface area (Å²) < 4.78 is 31.7. The Hall–Kier alpha value is -1.11. The standard InChI is InChI=1S/C11H16N2O3S/c1-16-10-2-4-11(5-3-10)17(14,15)13-9-6-7-12-8-9/h2-5,9,12-13H,6-8H2,1H3. The Labute approximate surface area is 101 Å². The predicted molar refractivity (Wildman–Crippen MR) is 64.6 cm³/mol. The average Bonchev–Trinajstić information content (AvgIpc) is 2.81. The van der Waals surface area contributed by atoms with Crippen LogP contribution < -0.4 is 14.8 Å². The van der Waals surface area contributed by atoms with Gasteiger partial charge in [-0.1, -0.05) is 0 Å². The Balaban J connectivity index is 2.12. The van der Waals surface area contributed by atoms with Crippen molar-refractivity contribution in [2.24, 2.45) is 0 Å². The van der Waals surface area contributed by atoms with E-state index in [0.29, 0.717) is 12.3 Å². The third-order valence-electron chi connectivity index (χ3n) is 2.75. The maximum absolute atomic E-state index is 12.0. The summed E-state index contributed by atoms with van der Waals surface area (Å²) in [4.78, 5) is 0.269. The third kappa shape index (κ3) is 2.96. The minimum absolute atomic E-state index is 0.0119. The zero-order valence-corrected chi connectivity index (χ0v) is 10.5. The van der Waals surface area contributed by atoms with Gasteiger partial charge in [0.05, 0.1) is 12.0 Å². The van der Waals surface area contributed by atoms with Crippen LogP contribution in [0.3, 0.4) is 0 Å². The molecular weight excluding hydrogens is 240 g/mol. The van der Waals surface area contributed by atoms with Crippen LogP contribution in [0.25, 0.3) is 0 Å². The quantitative estimate of drug-likeness (QED) is 0.815. The molecule has 1 atom stereocenters. The summed E-state index contributed by atoms with van der Waals surface area (Å²) in [5, 5.41) is 3.12. The first-order valence-corrected chi connectivity index (χ1v) is 6.97. The Morgan fingerprint density at radius 1 is 1.35 bits per heavy atom. The van der Waals surface area contributed by atoms with Gasteiger partial charge in [-0.15, -0.1) is 0 Å². The van der Waals surface area contributed by atoms with E-state index in [1.807, 2.05) is 0 Å². The topological polar surface area (TPSA) is 67.4 Å². The number of sulfonamides is 1. The van der Waals surface area contributed by atoms with Gasteiger partial charge in [0.15, 0.2) is 0 Å². The van der Waals surface area contributed by atoms with E-state index in [4.69, 9.17) is 4.74 Å². The summed E-state index contributed by atoms with van der Waals surface area (Å²) in [6.45, 7) is 1.55. The molecule has 0 radical (unpaired) electrons. The fourth-order valence-corrected chi connectivity index (χ4v) is 3.07. The van der Waals surface area contributed by atoms with E-state index in [-0.39, 0.29) is 10.9 Å². The molecule has 1 saturated heterocycles. The van der Waals surface area contributed by atoms with Crippen LogP contribution >= 0.6 is 0 Å². The fourth-order valence-electron chi connectivity index (χ4n) is 1.80. The van der Waals surface area contributed by atoms with Gasteiger partial charge in [0.25, 0.3) is 0 Å². The lowest BCUT2D eigenvalue weighted by atomic mass is 10.3. The molecule has 2 N–H and O–H groups in total. The van der Waals surface area contributed by atoms with Crippen molar-refractivity contribution in [1.82, 2.24) is 10.0 Å². The Bertz CT molecular complexity index is 464. The molecular formula is C11H16N2O3S. The van der Waals surface area contributed by atoms with Crippen LogP contribution in [0.2, 0.25) is 0 Å². The van der Waals surface area contributed by atoms with Crippen LogP contribution in [-0.2, 0) is 10.0 Å². The second kappa shape index (κ2) is 5.03. The summed E-state index contributed by atoms with van der Waals surface area (Å²) in [5.41, 5.74) is 0. The summed E-state index contributed by atoms with van der Waals surface area (Å²) in [5.74, 6) is 0.645. The van der Waals surface area contributed by atoms with Crippen molar-refractivity contribution in [2.75, 3.05) is 20.2 Å².